The van der Waals surface area contributed by atoms with Gasteiger partial charge in [-0.1, -0.05) is 30.3 Å². The van der Waals surface area contributed by atoms with E-state index in [1.807, 2.05) is 43.4 Å². The molecule has 0 bridgehead atoms. The van der Waals surface area contributed by atoms with E-state index in [9.17, 15) is 15.4 Å². The number of aromatic nitrogens is 2. The third kappa shape index (κ3) is 4.09. The molecule has 4 aromatic rings. The Hall–Kier alpha value is -4.38. The summed E-state index contributed by atoms with van der Waals surface area (Å²) in [5.41, 5.74) is 3.90. The summed E-state index contributed by atoms with van der Waals surface area (Å²) in [6, 6.07) is 21.1. The summed E-state index contributed by atoms with van der Waals surface area (Å²) in [4.78, 5) is 20.0. The molecule has 1 atom stereocenters. The third-order valence-corrected chi connectivity index (χ3v) is 5.47. The van der Waals surface area contributed by atoms with Crippen LogP contribution >= 0.6 is 0 Å². The number of rotatable bonds is 7. The van der Waals surface area contributed by atoms with Gasteiger partial charge in [0.05, 0.1) is 4.92 Å². The molecule has 160 valence electrons. The molecule has 2 N–H and O–H groups in total. The van der Waals surface area contributed by atoms with Crippen LogP contribution in [0.2, 0.25) is 0 Å². The van der Waals surface area contributed by atoms with Crippen molar-refractivity contribution in [3.63, 3.8) is 0 Å². The summed E-state index contributed by atoms with van der Waals surface area (Å²) in [5.74, 6) is 0.409. The van der Waals surface area contributed by atoms with Crippen LogP contribution in [-0.4, -0.2) is 35.5 Å². The maximum Gasteiger partial charge on any atom is 0.305 e. The quantitative estimate of drug-likeness (QED) is 0.329. The lowest BCUT2D eigenvalue weighted by Crippen LogP contribution is -2.15. The number of nitriles is 1. The van der Waals surface area contributed by atoms with Gasteiger partial charge in [-0.25, -0.2) is 4.98 Å². The maximum atomic E-state index is 11.1. The Labute approximate surface area is 185 Å². The Morgan fingerprint density at radius 1 is 1.16 bits per heavy atom. The fourth-order valence-corrected chi connectivity index (χ4v) is 3.78. The fraction of sp³-hybridized carbons (Fsp3) is 0.167. The Morgan fingerprint density at radius 2 is 1.91 bits per heavy atom. The van der Waals surface area contributed by atoms with E-state index in [0.29, 0.717) is 12.4 Å². The highest BCUT2D eigenvalue weighted by Crippen LogP contribution is 2.32. The minimum atomic E-state index is -0.601. The predicted octanol–water partition coefficient (Wildman–Crippen LogP) is 4.65. The first kappa shape index (κ1) is 20.9. The van der Waals surface area contributed by atoms with Crippen LogP contribution in [0.3, 0.4) is 0 Å². The lowest BCUT2D eigenvalue weighted by Gasteiger charge is -2.20. The molecular weight excluding hydrogens is 404 g/mol. The number of anilines is 2. The van der Waals surface area contributed by atoms with Crippen LogP contribution in [0.1, 0.15) is 22.7 Å². The summed E-state index contributed by atoms with van der Waals surface area (Å²) in [5, 5.41) is 24.7. The molecule has 0 aliphatic rings. The Balaban J connectivity index is 1.69. The summed E-state index contributed by atoms with van der Waals surface area (Å²) < 4.78 is 0. The highest BCUT2D eigenvalue weighted by atomic mass is 16.6. The van der Waals surface area contributed by atoms with Crippen LogP contribution in [0.25, 0.3) is 10.9 Å². The number of hydrogen-bond donors (Lipinski definition) is 2. The van der Waals surface area contributed by atoms with Crippen molar-refractivity contribution >= 4 is 28.1 Å². The van der Waals surface area contributed by atoms with E-state index in [1.165, 1.54) is 12.1 Å². The first-order valence-electron chi connectivity index (χ1n) is 10.1. The normalized spacial score (nSPS) is 11.7. The molecule has 0 fully saturated rings. The average molecular weight is 426 g/mol. The first-order chi connectivity index (χ1) is 15.5. The van der Waals surface area contributed by atoms with Crippen molar-refractivity contribution in [3.05, 3.63) is 93.8 Å². The smallest absolute Gasteiger partial charge is 0.305 e. The summed E-state index contributed by atoms with van der Waals surface area (Å²) in [6.07, 6.45) is 2.01. The highest BCUT2D eigenvalue weighted by Gasteiger charge is 2.20. The van der Waals surface area contributed by atoms with Gasteiger partial charge >= 0.3 is 5.69 Å². The van der Waals surface area contributed by atoms with Gasteiger partial charge in [-0.3, -0.25) is 10.1 Å². The molecule has 32 heavy (non-hydrogen) atoms. The second-order valence-corrected chi connectivity index (χ2v) is 7.64. The Bertz CT molecular complexity index is 1300. The molecule has 0 saturated heterocycles. The van der Waals surface area contributed by atoms with Gasteiger partial charge < -0.3 is 15.2 Å². The second kappa shape index (κ2) is 8.78. The van der Waals surface area contributed by atoms with Crippen molar-refractivity contribution in [1.29, 1.82) is 5.26 Å². The molecule has 1 unspecified atom stereocenters. The molecule has 2 heterocycles. The molecule has 0 saturated carbocycles. The molecule has 0 radical (unpaired) electrons. The minimum absolute atomic E-state index is 0.00936. The number of aromatic amines is 1. The van der Waals surface area contributed by atoms with Crippen LogP contribution in [0.15, 0.2) is 66.9 Å². The van der Waals surface area contributed by atoms with E-state index in [4.69, 9.17) is 0 Å². The number of hydrogen-bond acceptors (Lipinski definition) is 6. The molecule has 2 aromatic heterocycles. The van der Waals surface area contributed by atoms with Crippen LogP contribution in [0.5, 0.6) is 0 Å². The average Bonchev–Trinajstić information content (AvgIpc) is 3.23. The van der Waals surface area contributed by atoms with Gasteiger partial charge in [-0.15, -0.1) is 0 Å². The van der Waals surface area contributed by atoms with E-state index in [-0.39, 0.29) is 17.3 Å². The van der Waals surface area contributed by atoms with E-state index < -0.39 is 4.92 Å². The molecule has 2 aromatic carbocycles. The standard InChI is InChI=1S/C24H22N6O2/c1-29(2)17-9-7-16(8-10-17)19(20-15-26-21-6-4-3-5-18(20)21)14-27-24-12-11-23(30(31)32)22(13-25)28-24/h3-12,15,19,26H,14H2,1-2H3,(H,27,28). The topological polar surface area (TPSA) is 111 Å². The van der Waals surface area contributed by atoms with Gasteiger partial charge in [-0.2, -0.15) is 5.26 Å². The van der Waals surface area contributed by atoms with Crippen molar-refractivity contribution in [3.8, 4) is 6.07 Å². The van der Waals surface area contributed by atoms with E-state index in [1.54, 1.807) is 6.07 Å². The largest absolute Gasteiger partial charge is 0.378 e. The number of fused-ring (bicyclic) bond motifs is 1. The highest BCUT2D eigenvalue weighted by molar-refractivity contribution is 5.84. The number of nitrogens with one attached hydrogen (secondary N) is 2. The number of benzene rings is 2. The molecule has 8 heteroatoms. The van der Waals surface area contributed by atoms with E-state index in [2.05, 4.69) is 45.6 Å². The number of H-pyrrole nitrogens is 1. The second-order valence-electron chi connectivity index (χ2n) is 7.64. The number of pyridine rings is 1. The Morgan fingerprint density at radius 3 is 2.59 bits per heavy atom. The van der Waals surface area contributed by atoms with Crippen LogP contribution < -0.4 is 10.2 Å². The van der Waals surface area contributed by atoms with Crippen molar-refractivity contribution in [1.82, 2.24) is 9.97 Å². The zero-order chi connectivity index (χ0) is 22.7. The SMILES string of the molecule is CN(C)c1ccc(C(CNc2ccc([N+](=O)[O-])c(C#N)n2)c2c[nH]c3ccccc23)cc1. The van der Waals surface area contributed by atoms with Gasteiger partial charge in [-0.05, 0) is 35.4 Å². The van der Waals surface area contributed by atoms with Crippen LogP contribution in [0.4, 0.5) is 17.2 Å². The lowest BCUT2D eigenvalue weighted by atomic mass is 9.90. The predicted molar refractivity (Wildman–Crippen MR) is 125 cm³/mol. The minimum Gasteiger partial charge on any atom is -0.378 e. The summed E-state index contributed by atoms with van der Waals surface area (Å²) >= 11 is 0. The van der Waals surface area contributed by atoms with Gasteiger partial charge in [0, 0.05) is 55.4 Å². The lowest BCUT2D eigenvalue weighted by molar-refractivity contribution is -0.385. The van der Waals surface area contributed by atoms with Crippen molar-refractivity contribution in [2.45, 2.75) is 5.92 Å². The van der Waals surface area contributed by atoms with E-state index >= 15 is 0 Å². The molecule has 0 aliphatic heterocycles. The summed E-state index contributed by atoms with van der Waals surface area (Å²) in [7, 11) is 4.00. The molecule has 0 spiro atoms. The zero-order valence-corrected chi connectivity index (χ0v) is 17.7. The Kier molecular flexibility index (Phi) is 5.73. The maximum absolute atomic E-state index is 11.1. The number of para-hydroxylation sites is 1. The van der Waals surface area contributed by atoms with Crippen LogP contribution in [0, 0.1) is 21.4 Å². The molecule has 0 amide bonds. The molecule has 8 nitrogen and oxygen atoms in total. The number of nitro groups is 1. The van der Waals surface area contributed by atoms with Gasteiger partial charge in [0.2, 0.25) is 5.69 Å². The monoisotopic (exact) mass is 426 g/mol. The van der Waals surface area contributed by atoms with Gasteiger partial charge in [0.15, 0.2) is 0 Å². The molecule has 0 aliphatic carbocycles. The summed E-state index contributed by atoms with van der Waals surface area (Å²) in [6.45, 7) is 0.499. The van der Waals surface area contributed by atoms with Crippen LogP contribution in [-0.2, 0) is 0 Å². The molecular formula is C24H22N6O2. The fourth-order valence-electron chi connectivity index (χ4n) is 3.78. The third-order valence-electron chi connectivity index (χ3n) is 5.47. The number of nitrogens with zero attached hydrogens (tertiary/aromatic N) is 4. The first-order valence-corrected chi connectivity index (χ1v) is 10.1. The van der Waals surface area contributed by atoms with Crippen molar-refractivity contribution in [2.75, 3.05) is 30.9 Å². The van der Waals surface area contributed by atoms with Crippen molar-refractivity contribution < 1.29 is 4.92 Å². The van der Waals surface area contributed by atoms with Gasteiger partial charge in [0.1, 0.15) is 11.9 Å². The molecule has 4 rings (SSSR count). The van der Waals surface area contributed by atoms with Gasteiger partial charge in [0.25, 0.3) is 0 Å². The van der Waals surface area contributed by atoms with E-state index in [0.717, 1.165) is 27.7 Å². The zero-order valence-electron chi connectivity index (χ0n) is 17.7. The van der Waals surface area contributed by atoms with Crippen molar-refractivity contribution in [2.24, 2.45) is 0 Å².